The molecule has 27 heavy (non-hydrogen) atoms. The number of aromatic nitrogens is 2. The highest BCUT2D eigenvalue weighted by Gasteiger charge is 2.11. The summed E-state index contributed by atoms with van der Waals surface area (Å²) in [5.74, 6) is 1.24. The van der Waals surface area contributed by atoms with Crippen LogP contribution in [0.4, 0.5) is 5.82 Å². The van der Waals surface area contributed by atoms with Crippen LogP contribution in [0.1, 0.15) is 16.8 Å². The van der Waals surface area contributed by atoms with E-state index in [1.807, 2.05) is 12.1 Å². The number of halogens is 2. The van der Waals surface area contributed by atoms with Crippen LogP contribution in [0.2, 0.25) is 5.02 Å². The predicted octanol–water partition coefficient (Wildman–Crippen LogP) is 4.29. The molecule has 3 rings (SSSR count). The Kier molecular flexibility index (Phi) is 6.47. The Bertz CT molecular complexity index is 968. The molecule has 0 saturated heterocycles. The second kappa shape index (κ2) is 9.01. The maximum Gasteiger partial charge on any atom is 0.252 e. The van der Waals surface area contributed by atoms with E-state index in [1.165, 1.54) is 6.33 Å². The third-order valence-electron chi connectivity index (χ3n) is 3.95. The van der Waals surface area contributed by atoms with Crippen molar-refractivity contribution in [3.63, 3.8) is 0 Å². The van der Waals surface area contributed by atoms with Gasteiger partial charge in [-0.15, -0.1) is 0 Å². The number of hydrogen-bond donors (Lipinski definition) is 2. The van der Waals surface area contributed by atoms with Crippen molar-refractivity contribution in [3.05, 3.63) is 57.8 Å². The number of nitrogens with zero attached hydrogens (tertiary/aromatic N) is 2. The van der Waals surface area contributed by atoms with Gasteiger partial charge in [-0.25, -0.2) is 9.97 Å². The van der Waals surface area contributed by atoms with Gasteiger partial charge in [-0.05, 0) is 58.7 Å². The average molecular weight is 450 g/mol. The van der Waals surface area contributed by atoms with E-state index >= 15 is 0 Å². The van der Waals surface area contributed by atoms with Crippen LogP contribution in [-0.2, 0) is 0 Å². The molecular formula is C19H18BrClN4O2. The quantitative estimate of drug-likeness (QED) is 0.526. The summed E-state index contributed by atoms with van der Waals surface area (Å²) in [7, 11) is 1.57. The molecule has 0 aliphatic carbocycles. The van der Waals surface area contributed by atoms with E-state index in [0.29, 0.717) is 29.4 Å². The molecule has 3 aromatic rings. The van der Waals surface area contributed by atoms with Crippen molar-refractivity contribution in [2.75, 3.05) is 25.5 Å². The number of fused-ring (bicyclic) bond motifs is 1. The monoisotopic (exact) mass is 448 g/mol. The molecule has 0 radical (unpaired) electrons. The first-order chi connectivity index (χ1) is 13.1. The summed E-state index contributed by atoms with van der Waals surface area (Å²) in [6, 6.07) is 10.8. The Hall–Kier alpha value is -2.38. The van der Waals surface area contributed by atoms with Gasteiger partial charge in [0.15, 0.2) is 0 Å². The van der Waals surface area contributed by atoms with Crippen molar-refractivity contribution >= 4 is 50.2 Å². The minimum Gasteiger partial charge on any atom is -0.497 e. The Morgan fingerprint density at radius 2 is 2.04 bits per heavy atom. The van der Waals surface area contributed by atoms with Gasteiger partial charge in [-0.1, -0.05) is 11.6 Å². The number of nitrogens with one attached hydrogen (secondary N) is 2. The fourth-order valence-corrected chi connectivity index (χ4v) is 3.16. The number of methoxy groups -OCH3 is 1. The second-order valence-corrected chi connectivity index (χ2v) is 7.06. The van der Waals surface area contributed by atoms with Crippen molar-refractivity contribution in [3.8, 4) is 5.75 Å². The summed E-state index contributed by atoms with van der Waals surface area (Å²) < 4.78 is 5.89. The van der Waals surface area contributed by atoms with Crippen LogP contribution in [-0.4, -0.2) is 36.1 Å². The van der Waals surface area contributed by atoms with E-state index in [4.69, 9.17) is 16.3 Å². The van der Waals surface area contributed by atoms with Gasteiger partial charge in [0.05, 0.1) is 18.2 Å². The molecule has 0 fully saturated rings. The highest BCUT2D eigenvalue weighted by Crippen LogP contribution is 2.23. The Labute approximate surface area is 170 Å². The molecule has 1 amide bonds. The van der Waals surface area contributed by atoms with E-state index in [2.05, 4.69) is 36.5 Å². The number of amides is 1. The molecule has 0 aliphatic rings. The zero-order chi connectivity index (χ0) is 19.2. The Balaban J connectivity index is 1.52. The molecule has 0 saturated carbocycles. The van der Waals surface area contributed by atoms with Crippen LogP contribution in [0.15, 0.2) is 47.2 Å². The van der Waals surface area contributed by atoms with E-state index in [0.717, 1.165) is 27.6 Å². The Morgan fingerprint density at radius 3 is 2.85 bits per heavy atom. The van der Waals surface area contributed by atoms with Gasteiger partial charge in [0.1, 0.15) is 17.9 Å². The molecule has 6 nitrogen and oxygen atoms in total. The third-order valence-corrected chi connectivity index (χ3v) is 4.87. The van der Waals surface area contributed by atoms with Crippen LogP contribution >= 0.6 is 27.5 Å². The number of ether oxygens (including phenoxy) is 1. The number of anilines is 1. The van der Waals surface area contributed by atoms with Gasteiger partial charge in [-0.2, -0.15) is 0 Å². The summed E-state index contributed by atoms with van der Waals surface area (Å²) in [4.78, 5) is 20.8. The lowest BCUT2D eigenvalue weighted by molar-refractivity contribution is 0.0952. The molecule has 0 spiro atoms. The molecule has 8 heteroatoms. The van der Waals surface area contributed by atoms with Gasteiger partial charge >= 0.3 is 0 Å². The molecule has 2 N–H and O–H groups in total. The van der Waals surface area contributed by atoms with Crippen LogP contribution in [0.3, 0.4) is 0 Å². The molecule has 0 atom stereocenters. The second-order valence-electron chi connectivity index (χ2n) is 5.77. The molecule has 0 aliphatic heterocycles. The molecule has 1 aromatic heterocycles. The standard InChI is InChI=1S/C19H18BrClN4O2/c1-27-13-4-6-16(20)15(10-13)19(26)23-8-2-7-22-18-14-5-3-12(21)9-17(14)24-11-25-18/h3-6,9-11H,2,7-8H2,1H3,(H,23,26)(H,22,24,25). The lowest BCUT2D eigenvalue weighted by atomic mass is 10.2. The summed E-state index contributed by atoms with van der Waals surface area (Å²) in [5, 5.41) is 7.73. The SMILES string of the molecule is COc1ccc(Br)c(C(=O)NCCCNc2ncnc3cc(Cl)ccc23)c1. The summed E-state index contributed by atoms with van der Waals surface area (Å²) >= 11 is 9.38. The zero-order valence-corrected chi connectivity index (χ0v) is 17.0. The Morgan fingerprint density at radius 1 is 1.19 bits per heavy atom. The third kappa shape index (κ3) is 4.87. The van der Waals surface area contributed by atoms with Crippen LogP contribution in [0, 0.1) is 0 Å². The van der Waals surface area contributed by atoms with Gasteiger partial charge in [-0.3, -0.25) is 4.79 Å². The normalized spacial score (nSPS) is 10.6. The molecule has 1 heterocycles. The first kappa shape index (κ1) is 19.4. The zero-order valence-electron chi connectivity index (χ0n) is 14.6. The minimum atomic E-state index is -0.150. The van der Waals surface area contributed by atoms with Crippen molar-refractivity contribution in [2.24, 2.45) is 0 Å². The molecule has 140 valence electrons. The van der Waals surface area contributed by atoms with Crippen molar-refractivity contribution in [1.82, 2.24) is 15.3 Å². The predicted molar refractivity (Wildman–Crippen MR) is 111 cm³/mol. The maximum atomic E-state index is 12.3. The fraction of sp³-hybridized carbons (Fsp3) is 0.211. The van der Waals surface area contributed by atoms with Crippen LogP contribution < -0.4 is 15.4 Å². The molecule has 0 unspecified atom stereocenters. The van der Waals surface area contributed by atoms with Gasteiger partial charge in [0.2, 0.25) is 0 Å². The smallest absolute Gasteiger partial charge is 0.252 e. The van der Waals surface area contributed by atoms with Gasteiger partial charge in [0.25, 0.3) is 5.91 Å². The minimum absolute atomic E-state index is 0.150. The van der Waals surface area contributed by atoms with E-state index in [-0.39, 0.29) is 5.91 Å². The first-order valence-electron chi connectivity index (χ1n) is 8.34. The number of hydrogen-bond acceptors (Lipinski definition) is 5. The highest BCUT2D eigenvalue weighted by atomic mass is 79.9. The molecular weight excluding hydrogens is 432 g/mol. The molecule has 2 aromatic carbocycles. The first-order valence-corrected chi connectivity index (χ1v) is 9.51. The van der Waals surface area contributed by atoms with Gasteiger partial charge in [0, 0.05) is 28.0 Å². The maximum absolute atomic E-state index is 12.3. The van der Waals surface area contributed by atoms with Crippen LogP contribution in [0.25, 0.3) is 10.9 Å². The number of carbonyl (C=O) groups is 1. The summed E-state index contributed by atoms with van der Waals surface area (Å²) in [5.41, 5.74) is 1.33. The summed E-state index contributed by atoms with van der Waals surface area (Å²) in [6.07, 6.45) is 2.25. The van der Waals surface area contributed by atoms with E-state index in [9.17, 15) is 4.79 Å². The number of carbonyl (C=O) groups excluding carboxylic acids is 1. The van der Waals surface area contributed by atoms with E-state index in [1.54, 1.807) is 31.4 Å². The average Bonchev–Trinajstić information content (AvgIpc) is 2.67. The number of benzene rings is 2. The topological polar surface area (TPSA) is 76.1 Å². The van der Waals surface area contributed by atoms with Crippen molar-refractivity contribution < 1.29 is 9.53 Å². The van der Waals surface area contributed by atoms with Crippen LogP contribution in [0.5, 0.6) is 5.75 Å². The highest BCUT2D eigenvalue weighted by molar-refractivity contribution is 9.10. The van der Waals surface area contributed by atoms with Crippen molar-refractivity contribution in [2.45, 2.75) is 6.42 Å². The number of rotatable bonds is 7. The summed E-state index contributed by atoms with van der Waals surface area (Å²) in [6.45, 7) is 1.19. The largest absolute Gasteiger partial charge is 0.497 e. The van der Waals surface area contributed by atoms with E-state index < -0.39 is 0 Å². The lowest BCUT2D eigenvalue weighted by Crippen LogP contribution is -2.26. The van der Waals surface area contributed by atoms with Crippen molar-refractivity contribution in [1.29, 1.82) is 0 Å². The fourth-order valence-electron chi connectivity index (χ4n) is 2.57. The van der Waals surface area contributed by atoms with Gasteiger partial charge < -0.3 is 15.4 Å². The molecule has 0 bridgehead atoms. The lowest BCUT2D eigenvalue weighted by Gasteiger charge is -2.10.